The molecule has 0 aliphatic heterocycles. The summed E-state index contributed by atoms with van der Waals surface area (Å²) in [7, 11) is 0. The Morgan fingerprint density at radius 1 is 0.839 bits per heavy atom. The minimum Gasteiger partial charge on any atom is -0.349 e. The third-order valence-corrected chi connectivity index (χ3v) is 10.3. The number of hydrogen-bond donors (Lipinski definition) is 2. The number of amides is 2. The maximum atomic E-state index is 13.7. The van der Waals surface area contributed by atoms with Gasteiger partial charge in [0.25, 0.3) is 5.91 Å². The fraction of sp³-hybridized carbons (Fsp3) is 0.769. The molecule has 2 N–H and O–H groups in total. The summed E-state index contributed by atoms with van der Waals surface area (Å²) in [5.41, 5.74) is 1.87. The third-order valence-electron chi connectivity index (χ3n) is 9.09. The van der Waals surface area contributed by atoms with Crippen LogP contribution >= 0.6 is 11.3 Å². The van der Waals surface area contributed by atoms with Crippen LogP contribution in [-0.2, 0) is 17.6 Å². The van der Waals surface area contributed by atoms with Crippen molar-refractivity contribution in [1.82, 2.24) is 5.32 Å². The first-order valence-electron chi connectivity index (χ1n) is 12.9. The highest BCUT2D eigenvalue weighted by atomic mass is 32.1. The Kier molecular flexibility index (Phi) is 5.16. The van der Waals surface area contributed by atoms with Crippen molar-refractivity contribution in [3.63, 3.8) is 0 Å². The van der Waals surface area contributed by atoms with Crippen LogP contribution in [0.1, 0.15) is 104 Å². The number of nitrogens with one attached hydrogen (secondary N) is 2. The Morgan fingerprint density at radius 2 is 1.48 bits per heavy atom. The van der Waals surface area contributed by atoms with Gasteiger partial charge in [0.1, 0.15) is 5.00 Å². The first-order valence-corrected chi connectivity index (χ1v) is 13.7. The zero-order valence-corrected chi connectivity index (χ0v) is 19.5. The van der Waals surface area contributed by atoms with Gasteiger partial charge in [-0.3, -0.25) is 9.59 Å². The molecule has 5 saturated carbocycles. The number of hydrogen-bond acceptors (Lipinski definition) is 3. The van der Waals surface area contributed by atoms with Gasteiger partial charge < -0.3 is 10.6 Å². The molecule has 5 fully saturated rings. The minimum atomic E-state index is -0.170. The normalized spacial score (nSPS) is 34.4. The van der Waals surface area contributed by atoms with Crippen molar-refractivity contribution in [1.29, 1.82) is 0 Å². The molecule has 6 aliphatic carbocycles. The highest BCUT2D eigenvalue weighted by molar-refractivity contribution is 7.17. The lowest BCUT2D eigenvalue weighted by Crippen LogP contribution is -2.51. The molecule has 31 heavy (non-hydrogen) atoms. The van der Waals surface area contributed by atoms with E-state index < -0.39 is 0 Å². The monoisotopic (exact) mass is 440 g/mol. The molecule has 0 saturated heterocycles. The molecule has 1 heterocycles. The van der Waals surface area contributed by atoms with Crippen LogP contribution in [0.25, 0.3) is 0 Å². The maximum absolute atomic E-state index is 13.7. The summed E-state index contributed by atoms with van der Waals surface area (Å²) < 4.78 is 0. The van der Waals surface area contributed by atoms with Gasteiger partial charge in [0.15, 0.2) is 0 Å². The fourth-order valence-corrected chi connectivity index (χ4v) is 9.30. The Morgan fingerprint density at radius 3 is 2.16 bits per heavy atom. The van der Waals surface area contributed by atoms with E-state index in [0.29, 0.717) is 6.04 Å². The lowest BCUT2D eigenvalue weighted by molar-refractivity contribution is -0.140. The largest absolute Gasteiger partial charge is 0.349 e. The third kappa shape index (κ3) is 3.65. The molecule has 4 bridgehead atoms. The van der Waals surface area contributed by atoms with Crippen molar-refractivity contribution < 1.29 is 9.59 Å². The van der Waals surface area contributed by atoms with Gasteiger partial charge in [-0.15, -0.1) is 11.3 Å². The second kappa shape index (κ2) is 7.90. The molecule has 5 heteroatoms. The van der Waals surface area contributed by atoms with Gasteiger partial charge in [-0.2, -0.15) is 0 Å². The summed E-state index contributed by atoms with van der Waals surface area (Å²) in [6.45, 7) is 0. The lowest BCUT2D eigenvalue weighted by Gasteiger charge is -2.55. The van der Waals surface area contributed by atoms with E-state index in [2.05, 4.69) is 10.6 Å². The molecular weight excluding hydrogens is 404 g/mol. The number of thiophene rings is 1. The second-order valence-corrected chi connectivity index (χ2v) is 12.5. The van der Waals surface area contributed by atoms with Crippen molar-refractivity contribution in [3.8, 4) is 0 Å². The molecule has 4 nitrogen and oxygen atoms in total. The van der Waals surface area contributed by atoms with Crippen molar-refractivity contribution in [2.24, 2.45) is 23.2 Å². The molecule has 168 valence electrons. The van der Waals surface area contributed by atoms with E-state index in [0.717, 1.165) is 79.7 Å². The molecule has 7 rings (SSSR count). The number of carbonyl (C=O) groups excluding carboxylic acids is 2. The molecule has 1 aromatic rings. The summed E-state index contributed by atoms with van der Waals surface area (Å²) in [6.07, 6.45) is 17.5. The van der Waals surface area contributed by atoms with Crippen LogP contribution in [0.5, 0.6) is 0 Å². The summed E-state index contributed by atoms with van der Waals surface area (Å²) in [4.78, 5) is 28.5. The molecule has 2 amide bonds. The smallest absolute Gasteiger partial charge is 0.254 e. The van der Waals surface area contributed by atoms with E-state index in [4.69, 9.17) is 0 Å². The molecule has 0 spiro atoms. The standard InChI is InChI=1S/C26H36N2O2S/c29-23(27-19-6-2-1-3-7-19)22-20-8-4-5-9-21(20)31-24(22)28-25(30)26-13-16-10-17(14-26)12-18(11-16)15-26/h16-19H,1-15H2,(H,27,29)(H,28,30). The molecule has 0 atom stereocenters. The zero-order valence-electron chi connectivity index (χ0n) is 18.6. The maximum Gasteiger partial charge on any atom is 0.254 e. The van der Waals surface area contributed by atoms with Gasteiger partial charge in [-0.05, 0) is 100 Å². The van der Waals surface area contributed by atoms with Crippen LogP contribution in [0.3, 0.4) is 0 Å². The number of carbonyl (C=O) groups is 2. The van der Waals surface area contributed by atoms with Gasteiger partial charge in [0, 0.05) is 10.9 Å². The van der Waals surface area contributed by atoms with Crippen LogP contribution in [-0.4, -0.2) is 17.9 Å². The quantitative estimate of drug-likeness (QED) is 0.617. The number of fused-ring (bicyclic) bond motifs is 1. The van der Waals surface area contributed by atoms with E-state index in [1.54, 1.807) is 11.3 Å². The van der Waals surface area contributed by atoms with E-state index in [1.807, 2.05) is 0 Å². The second-order valence-electron chi connectivity index (χ2n) is 11.4. The first kappa shape index (κ1) is 20.3. The molecule has 0 aromatic carbocycles. The van der Waals surface area contributed by atoms with E-state index >= 15 is 0 Å². The molecule has 6 aliphatic rings. The lowest BCUT2D eigenvalue weighted by atomic mass is 9.49. The minimum absolute atomic E-state index is 0.0621. The number of aryl methyl sites for hydroxylation is 1. The Labute approximate surface area is 189 Å². The number of anilines is 1. The average Bonchev–Trinajstić information content (AvgIpc) is 3.11. The van der Waals surface area contributed by atoms with Crippen molar-refractivity contribution in [2.75, 3.05) is 5.32 Å². The Balaban J connectivity index is 1.26. The highest BCUT2D eigenvalue weighted by Gasteiger charge is 2.54. The van der Waals surface area contributed by atoms with Gasteiger partial charge in [0.2, 0.25) is 5.91 Å². The van der Waals surface area contributed by atoms with Crippen LogP contribution in [0.2, 0.25) is 0 Å². The van der Waals surface area contributed by atoms with E-state index in [9.17, 15) is 9.59 Å². The van der Waals surface area contributed by atoms with Crippen molar-refractivity contribution >= 4 is 28.2 Å². The van der Waals surface area contributed by atoms with Crippen LogP contribution in [0.15, 0.2) is 0 Å². The Bertz CT molecular complexity index is 847. The Hall–Kier alpha value is -1.36. The van der Waals surface area contributed by atoms with Gasteiger partial charge in [-0.1, -0.05) is 19.3 Å². The van der Waals surface area contributed by atoms with Gasteiger partial charge in [0.05, 0.1) is 11.0 Å². The van der Waals surface area contributed by atoms with E-state index in [1.165, 1.54) is 55.4 Å². The summed E-state index contributed by atoms with van der Waals surface area (Å²) in [5, 5.41) is 7.55. The fourth-order valence-electron chi connectivity index (χ4n) is 8.02. The highest BCUT2D eigenvalue weighted by Crippen LogP contribution is 2.60. The molecular formula is C26H36N2O2S. The SMILES string of the molecule is O=C(NC1CCCCC1)c1c(NC(=O)C23CC4CC(CC(C4)C2)C3)sc2c1CCCC2. The predicted octanol–water partition coefficient (Wildman–Crippen LogP) is 5.84. The summed E-state index contributed by atoms with van der Waals surface area (Å²) in [6, 6.07) is 0.298. The van der Waals surface area contributed by atoms with E-state index in [-0.39, 0.29) is 17.2 Å². The molecule has 1 aromatic heterocycles. The van der Waals surface area contributed by atoms with Crippen LogP contribution in [0, 0.1) is 23.2 Å². The van der Waals surface area contributed by atoms with Gasteiger partial charge >= 0.3 is 0 Å². The number of rotatable bonds is 4. The van der Waals surface area contributed by atoms with Crippen LogP contribution < -0.4 is 10.6 Å². The van der Waals surface area contributed by atoms with Crippen LogP contribution in [0.4, 0.5) is 5.00 Å². The van der Waals surface area contributed by atoms with Crippen molar-refractivity contribution in [3.05, 3.63) is 16.0 Å². The zero-order chi connectivity index (χ0) is 21.0. The van der Waals surface area contributed by atoms with Gasteiger partial charge in [-0.25, -0.2) is 0 Å². The van der Waals surface area contributed by atoms with Crippen molar-refractivity contribution in [2.45, 2.75) is 102 Å². The molecule has 0 radical (unpaired) electrons. The summed E-state index contributed by atoms with van der Waals surface area (Å²) in [5.74, 6) is 2.54. The predicted molar refractivity (Wildman–Crippen MR) is 125 cm³/mol. The summed E-state index contributed by atoms with van der Waals surface area (Å²) >= 11 is 1.69. The molecule has 0 unspecified atom stereocenters. The first-order chi connectivity index (χ1) is 15.1. The topological polar surface area (TPSA) is 58.2 Å². The average molecular weight is 441 g/mol.